The van der Waals surface area contributed by atoms with Crippen LogP contribution in [0.15, 0.2) is 16.9 Å². The van der Waals surface area contributed by atoms with Gasteiger partial charge in [-0.25, -0.2) is 9.97 Å². The summed E-state index contributed by atoms with van der Waals surface area (Å²) in [4.78, 5) is 12.7. The molecule has 0 unspecified atom stereocenters. The Kier molecular flexibility index (Phi) is 3.02. The van der Waals surface area contributed by atoms with Crippen molar-refractivity contribution in [2.75, 3.05) is 6.54 Å². The molecule has 6 heteroatoms. The summed E-state index contributed by atoms with van der Waals surface area (Å²) in [5, 5.41) is 7.31. The Hall–Kier alpha value is -1.82. The van der Waals surface area contributed by atoms with E-state index in [0.29, 0.717) is 17.5 Å². The molecule has 0 spiro atoms. The van der Waals surface area contributed by atoms with Crippen LogP contribution in [0.1, 0.15) is 36.8 Å². The number of piperidine rings is 1. The van der Waals surface area contributed by atoms with Gasteiger partial charge in [0.05, 0.1) is 6.04 Å². The van der Waals surface area contributed by atoms with Crippen LogP contribution in [0.5, 0.6) is 0 Å². The SMILES string of the molecule is Cc1cnc(-c2noc([C@H]3CCCCN3)n2)nc1. The maximum absolute atomic E-state index is 5.29. The van der Waals surface area contributed by atoms with Crippen LogP contribution in [0, 0.1) is 6.92 Å². The standard InChI is InChI=1S/C12H15N5O/c1-8-6-14-10(15-7-8)11-16-12(18-17-11)9-4-2-3-5-13-9/h6-7,9,13H,2-5H2,1H3/t9-/m1/s1. The molecule has 3 rings (SSSR count). The highest BCUT2D eigenvalue weighted by Gasteiger charge is 2.21. The lowest BCUT2D eigenvalue weighted by Gasteiger charge is -2.19. The number of hydrogen-bond donors (Lipinski definition) is 1. The number of rotatable bonds is 2. The van der Waals surface area contributed by atoms with E-state index in [2.05, 4.69) is 25.4 Å². The second-order valence-electron chi connectivity index (χ2n) is 4.54. The molecule has 0 bridgehead atoms. The van der Waals surface area contributed by atoms with Gasteiger partial charge in [0.2, 0.25) is 17.5 Å². The van der Waals surface area contributed by atoms with Crippen LogP contribution < -0.4 is 5.32 Å². The molecule has 18 heavy (non-hydrogen) atoms. The van der Waals surface area contributed by atoms with E-state index in [1.807, 2.05) is 6.92 Å². The minimum absolute atomic E-state index is 0.172. The first-order valence-electron chi connectivity index (χ1n) is 6.19. The highest BCUT2D eigenvalue weighted by molar-refractivity contribution is 5.41. The van der Waals surface area contributed by atoms with Gasteiger partial charge in [0, 0.05) is 12.4 Å². The van der Waals surface area contributed by atoms with Gasteiger partial charge >= 0.3 is 0 Å². The number of hydrogen-bond acceptors (Lipinski definition) is 6. The van der Waals surface area contributed by atoms with Gasteiger partial charge < -0.3 is 9.84 Å². The van der Waals surface area contributed by atoms with Crippen molar-refractivity contribution in [3.8, 4) is 11.6 Å². The molecular weight excluding hydrogens is 230 g/mol. The van der Waals surface area contributed by atoms with Crippen LogP contribution in [-0.2, 0) is 0 Å². The molecule has 0 amide bonds. The Morgan fingerprint density at radius 2 is 2.06 bits per heavy atom. The van der Waals surface area contributed by atoms with Gasteiger partial charge in [0.1, 0.15) is 0 Å². The zero-order valence-corrected chi connectivity index (χ0v) is 10.3. The molecule has 0 radical (unpaired) electrons. The summed E-state index contributed by atoms with van der Waals surface area (Å²) >= 11 is 0. The van der Waals surface area contributed by atoms with Crippen molar-refractivity contribution in [3.05, 3.63) is 23.8 Å². The zero-order valence-electron chi connectivity index (χ0n) is 10.3. The first-order valence-corrected chi connectivity index (χ1v) is 6.19. The van der Waals surface area contributed by atoms with Gasteiger partial charge in [-0.05, 0) is 31.9 Å². The largest absolute Gasteiger partial charge is 0.337 e. The van der Waals surface area contributed by atoms with Crippen LogP contribution in [0.4, 0.5) is 0 Å². The Morgan fingerprint density at radius 1 is 1.22 bits per heavy atom. The summed E-state index contributed by atoms with van der Waals surface area (Å²) in [6, 6.07) is 0.172. The number of nitrogens with one attached hydrogen (secondary N) is 1. The lowest BCUT2D eigenvalue weighted by molar-refractivity contribution is 0.297. The molecule has 1 N–H and O–H groups in total. The monoisotopic (exact) mass is 245 g/mol. The van der Waals surface area contributed by atoms with Crippen LogP contribution in [0.3, 0.4) is 0 Å². The van der Waals surface area contributed by atoms with E-state index < -0.39 is 0 Å². The van der Waals surface area contributed by atoms with Crippen molar-refractivity contribution in [1.82, 2.24) is 25.4 Å². The van der Waals surface area contributed by atoms with Gasteiger partial charge in [0.15, 0.2) is 0 Å². The van der Waals surface area contributed by atoms with Crippen molar-refractivity contribution in [3.63, 3.8) is 0 Å². The second kappa shape index (κ2) is 4.81. The first-order chi connectivity index (χ1) is 8.83. The van der Waals surface area contributed by atoms with Crippen molar-refractivity contribution in [2.24, 2.45) is 0 Å². The molecule has 6 nitrogen and oxygen atoms in total. The molecule has 0 aliphatic carbocycles. The molecule has 94 valence electrons. The highest BCUT2D eigenvalue weighted by atomic mass is 16.5. The first kappa shape index (κ1) is 11.3. The molecule has 1 aliphatic rings. The summed E-state index contributed by atoms with van der Waals surface area (Å²) in [5.74, 6) is 1.60. The van der Waals surface area contributed by atoms with E-state index in [9.17, 15) is 0 Å². The summed E-state index contributed by atoms with van der Waals surface area (Å²) in [6.45, 7) is 2.95. The highest BCUT2D eigenvalue weighted by Crippen LogP contribution is 2.22. The van der Waals surface area contributed by atoms with Gasteiger partial charge in [-0.3, -0.25) is 0 Å². The van der Waals surface area contributed by atoms with E-state index in [1.54, 1.807) is 12.4 Å². The molecule has 1 aliphatic heterocycles. The normalized spacial score (nSPS) is 19.9. The van der Waals surface area contributed by atoms with E-state index in [-0.39, 0.29) is 6.04 Å². The van der Waals surface area contributed by atoms with Crippen LogP contribution in [-0.4, -0.2) is 26.7 Å². The zero-order chi connectivity index (χ0) is 12.4. The van der Waals surface area contributed by atoms with Gasteiger partial charge in [0.25, 0.3) is 0 Å². The Bertz CT molecular complexity index is 516. The molecular formula is C12H15N5O. The second-order valence-corrected chi connectivity index (χ2v) is 4.54. The van der Waals surface area contributed by atoms with Gasteiger partial charge in [-0.15, -0.1) is 0 Å². The van der Waals surface area contributed by atoms with Crippen molar-refractivity contribution in [1.29, 1.82) is 0 Å². The van der Waals surface area contributed by atoms with Gasteiger partial charge in [-0.1, -0.05) is 11.6 Å². The predicted octanol–water partition coefficient (Wildman–Crippen LogP) is 1.65. The minimum Gasteiger partial charge on any atom is -0.337 e. The van der Waals surface area contributed by atoms with E-state index >= 15 is 0 Å². The smallest absolute Gasteiger partial charge is 0.244 e. The lowest BCUT2D eigenvalue weighted by atomic mass is 10.1. The fourth-order valence-corrected chi connectivity index (χ4v) is 2.04. The molecule has 0 aromatic carbocycles. The fourth-order valence-electron chi connectivity index (χ4n) is 2.04. The topological polar surface area (TPSA) is 76.7 Å². The fraction of sp³-hybridized carbons (Fsp3) is 0.500. The van der Waals surface area contributed by atoms with Crippen LogP contribution in [0.2, 0.25) is 0 Å². The summed E-state index contributed by atoms with van der Waals surface area (Å²) < 4.78 is 5.29. The number of nitrogens with zero attached hydrogens (tertiary/aromatic N) is 4. The number of aryl methyl sites for hydroxylation is 1. The molecule has 0 saturated carbocycles. The molecule has 2 aromatic rings. The third-order valence-electron chi connectivity index (χ3n) is 3.03. The molecule has 2 aromatic heterocycles. The van der Waals surface area contributed by atoms with Crippen molar-refractivity contribution < 1.29 is 4.52 Å². The average molecular weight is 245 g/mol. The Morgan fingerprint density at radius 3 is 2.78 bits per heavy atom. The summed E-state index contributed by atoms with van der Waals surface area (Å²) in [5.41, 5.74) is 1.01. The maximum Gasteiger partial charge on any atom is 0.244 e. The van der Waals surface area contributed by atoms with E-state index in [4.69, 9.17) is 4.52 Å². The third-order valence-corrected chi connectivity index (χ3v) is 3.03. The Balaban J connectivity index is 1.82. The summed E-state index contributed by atoms with van der Waals surface area (Å²) in [7, 11) is 0. The van der Waals surface area contributed by atoms with Crippen LogP contribution >= 0.6 is 0 Å². The van der Waals surface area contributed by atoms with Crippen molar-refractivity contribution >= 4 is 0 Å². The number of aromatic nitrogens is 4. The maximum atomic E-state index is 5.29. The Labute approximate surface area is 105 Å². The molecule has 1 fully saturated rings. The molecule has 1 atom stereocenters. The minimum atomic E-state index is 0.172. The summed E-state index contributed by atoms with van der Waals surface area (Å²) in [6.07, 6.45) is 6.93. The molecule has 3 heterocycles. The quantitative estimate of drug-likeness (QED) is 0.866. The predicted molar refractivity (Wildman–Crippen MR) is 64.7 cm³/mol. The molecule has 1 saturated heterocycles. The van der Waals surface area contributed by atoms with Crippen LogP contribution in [0.25, 0.3) is 11.6 Å². The van der Waals surface area contributed by atoms with Crippen molar-refractivity contribution in [2.45, 2.75) is 32.2 Å². The third kappa shape index (κ3) is 2.24. The van der Waals surface area contributed by atoms with E-state index in [0.717, 1.165) is 18.5 Å². The van der Waals surface area contributed by atoms with E-state index in [1.165, 1.54) is 12.8 Å². The lowest BCUT2D eigenvalue weighted by Crippen LogP contribution is -2.26. The van der Waals surface area contributed by atoms with Gasteiger partial charge in [-0.2, -0.15) is 4.98 Å². The average Bonchev–Trinajstić information content (AvgIpc) is 2.90.